The van der Waals surface area contributed by atoms with E-state index in [4.69, 9.17) is 14.6 Å². The van der Waals surface area contributed by atoms with Gasteiger partial charge in [0.05, 0.1) is 0 Å². The first kappa shape index (κ1) is 15.3. The minimum Gasteiger partial charge on any atom is -0.504 e. The summed E-state index contributed by atoms with van der Waals surface area (Å²) >= 11 is 0. The quantitative estimate of drug-likeness (QED) is 0.385. The number of aliphatic hydroxyl groups excluding tert-OH is 3. The van der Waals surface area contributed by atoms with Crippen LogP contribution >= 0.6 is 0 Å². The number of carbonyl (C=O) groups is 1. The summed E-state index contributed by atoms with van der Waals surface area (Å²) in [5, 5.41) is 56.8. The summed E-state index contributed by atoms with van der Waals surface area (Å²) in [4.78, 5) is 10.9. The highest BCUT2D eigenvalue weighted by Gasteiger charge is 2.48. The molecule has 2 rings (SSSR count). The van der Waals surface area contributed by atoms with Crippen molar-refractivity contribution in [2.75, 3.05) is 0 Å². The van der Waals surface area contributed by atoms with E-state index in [0.29, 0.717) is 0 Å². The Morgan fingerprint density at radius 2 is 1.62 bits per heavy atom. The third-order valence-corrected chi connectivity index (χ3v) is 3.02. The number of benzene rings is 1. The number of rotatable bonds is 3. The van der Waals surface area contributed by atoms with Crippen molar-refractivity contribution in [1.29, 1.82) is 0 Å². The minimum atomic E-state index is -1.85. The summed E-state index contributed by atoms with van der Waals surface area (Å²) in [6, 6.07) is 3.70. The van der Waals surface area contributed by atoms with E-state index in [-0.39, 0.29) is 0 Å². The zero-order valence-corrected chi connectivity index (χ0v) is 10.5. The van der Waals surface area contributed by atoms with Crippen molar-refractivity contribution in [3.63, 3.8) is 0 Å². The van der Waals surface area contributed by atoms with Crippen molar-refractivity contribution in [3.8, 4) is 17.2 Å². The predicted molar refractivity (Wildman–Crippen MR) is 64.7 cm³/mol. The number of carboxylic acid groups (broad SMARTS) is 1. The van der Waals surface area contributed by atoms with Crippen LogP contribution in [0.1, 0.15) is 0 Å². The number of aliphatic hydroxyl groups is 3. The summed E-state index contributed by atoms with van der Waals surface area (Å²) < 4.78 is 9.87. The molecule has 9 nitrogen and oxygen atoms in total. The number of ether oxygens (including phenoxy) is 2. The molecule has 0 radical (unpaired) electrons. The van der Waals surface area contributed by atoms with Gasteiger partial charge in [-0.05, 0) is 12.1 Å². The van der Waals surface area contributed by atoms with Crippen molar-refractivity contribution in [3.05, 3.63) is 18.2 Å². The van der Waals surface area contributed by atoms with E-state index in [9.17, 15) is 30.3 Å². The molecule has 5 atom stereocenters. The Kier molecular flexibility index (Phi) is 4.19. The van der Waals surface area contributed by atoms with Crippen molar-refractivity contribution in [2.24, 2.45) is 0 Å². The summed E-state index contributed by atoms with van der Waals surface area (Å²) in [7, 11) is 0. The summed E-state index contributed by atoms with van der Waals surface area (Å²) in [5.74, 6) is -2.96. The fourth-order valence-electron chi connectivity index (χ4n) is 1.90. The van der Waals surface area contributed by atoms with Crippen LogP contribution in [0.2, 0.25) is 0 Å². The average Bonchev–Trinajstić information content (AvgIpc) is 2.42. The predicted octanol–water partition coefficient (Wildman–Crippen LogP) is -1.63. The van der Waals surface area contributed by atoms with Crippen molar-refractivity contribution in [1.82, 2.24) is 0 Å². The van der Waals surface area contributed by atoms with Gasteiger partial charge < -0.3 is 40.1 Å². The van der Waals surface area contributed by atoms with Gasteiger partial charge in [0.15, 0.2) is 17.6 Å². The molecular weight excluding hydrogens is 288 g/mol. The number of aliphatic carboxylic acids is 1. The number of aromatic hydroxyl groups is 2. The van der Waals surface area contributed by atoms with Crippen LogP contribution in [0.4, 0.5) is 0 Å². The standard InChI is InChI=1S/C12H14O9/c13-4-2-1-3-5(14)9(4)20-12-8(17)6(15)7(16)10(21-12)11(18)19/h1-3,6-8,10,12-17H,(H,18,19)/t6-,7-,8+,10-,12?/m0/s1. The zero-order valence-electron chi connectivity index (χ0n) is 10.5. The molecule has 1 aliphatic heterocycles. The van der Waals surface area contributed by atoms with Crippen molar-refractivity contribution >= 4 is 5.97 Å². The molecular formula is C12H14O9. The topological polar surface area (TPSA) is 157 Å². The van der Waals surface area contributed by atoms with Crippen LogP contribution < -0.4 is 4.74 Å². The first-order chi connectivity index (χ1) is 9.82. The first-order valence-electron chi connectivity index (χ1n) is 5.93. The molecule has 1 aromatic carbocycles. The second-order valence-electron chi connectivity index (χ2n) is 4.48. The summed E-state index contributed by atoms with van der Waals surface area (Å²) in [5.41, 5.74) is 0. The number of hydrogen-bond donors (Lipinski definition) is 6. The molecule has 21 heavy (non-hydrogen) atoms. The van der Waals surface area contributed by atoms with Crippen LogP contribution in [0, 0.1) is 0 Å². The highest BCUT2D eigenvalue weighted by molar-refractivity contribution is 5.73. The Morgan fingerprint density at radius 3 is 2.14 bits per heavy atom. The number of phenolic OH excluding ortho intramolecular Hbond substituents is 2. The number of hydrogen-bond acceptors (Lipinski definition) is 8. The van der Waals surface area contributed by atoms with Gasteiger partial charge in [-0.2, -0.15) is 0 Å². The number of para-hydroxylation sites is 1. The molecule has 9 heteroatoms. The summed E-state index contributed by atoms with van der Waals surface area (Å²) in [6.45, 7) is 0. The molecule has 1 aromatic rings. The lowest BCUT2D eigenvalue weighted by atomic mass is 9.99. The van der Waals surface area contributed by atoms with Crippen molar-refractivity contribution < 1.29 is 44.9 Å². The van der Waals surface area contributed by atoms with E-state index in [2.05, 4.69) is 0 Å². The SMILES string of the molecule is O=C(O)[C@H]1OC(Oc2c(O)cccc2O)[C@H](O)[C@@H](O)[C@@H]1O. The van der Waals surface area contributed by atoms with Crippen LogP contribution in [-0.2, 0) is 9.53 Å². The molecule has 1 unspecified atom stereocenters. The second kappa shape index (κ2) is 5.74. The van der Waals surface area contributed by atoms with E-state index in [1.165, 1.54) is 18.2 Å². The monoisotopic (exact) mass is 302 g/mol. The van der Waals surface area contributed by atoms with Gasteiger partial charge in [-0.25, -0.2) is 4.79 Å². The maximum absolute atomic E-state index is 10.9. The maximum atomic E-state index is 10.9. The Bertz CT molecular complexity index is 511. The van der Waals surface area contributed by atoms with Crippen LogP contribution in [-0.4, -0.2) is 67.3 Å². The average molecular weight is 302 g/mol. The van der Waals surface area contributed by atoms with Crippen LogP contribution in [0.5, 0.6) is 17.2 Å². The molecule has 0 amide bonds. The molecule has 0 bridgehead atoms. The molecule has 0 aromatic heterocycles. The molecule has 0 saturated carbocycles. The molecule has 116 valence electrons. The molecule has 1 saturated heterocycles. The lowest BCUT2D eigenvalue weighted by Crippen LogP contribution is -2.61. The second-order valence-corrected chi connectivity index (χ2v) is 4.48. The van der Waals surface area contributed by atoms with E-state index < -0.39 is 53.9 Å². The van der Waals surface area contributed by atoms with Gasteiger partial charge in [-0.3, -0.25) is 0 Å². The Balaban J connectivity index is 2.24. The lowest BCUT2D eigenvalue weighted by Gasteiger charge is -2.38. The fourth-order valence-corrected chi connectivity index (χ4v) is 1.90. The molecule has 1 fully saturated rings. The van der Waals surface area contributed by atoms with Crippen LogP contribution in [0.25, 0.3) is 0 Å². The van der Waals surface area contributed by atoms with E-state index in [1.54, 1.807) is 0 Å². The Labute approximate surface area is 118 Å². The van der Waals surface area contributed by atoms with Gasteiger partial charge in [-0.1, -0.05) is 6.07 Å². The smallest absolute Gasteiger partial charge is 0.335 e. The Hall–Kier alpha value is -2.07. The van der Waals surface area contributed by atoms with E-state index in [1.807, 2.05) is 0 Å². The highest BCUT2D eigenvalue weighted by Crippen LogP contribution is 2.37. The minimum absolute atomic E-state index is 0.450. The van der Waals surface area contributed by atoms with Gasteiger partial charge >= 0.3 is 5.97 Å². The molecule has 0 aliphatic carbocycles. The first-order valence-corrected chi connectivity index (χ1v) is 5.93. The maximum Gasteiger partial charge on any atom is 0.335 e. The normalized spacial score (nSPS) is 32.6. The van der Waals surface area contributed by atoms with Gasteiger partial charge in [0.25, 0.3) is 0 Å². The third kappa shape index (κ3) is 2.85. The van der Waals surface area contributed by atoms with Gasteiger partial charge in [0.2, 0.25) is 12.0 Å². The van der Waals surface area contributed by atoms with Crippen LogP contribution in [0.3, 0.4) is 0 Å². The van der Waals surface area contributed by atoms with Gasteiger partial charge in [0.1, 0.15) is 18.3 Å². The van der Waals surface area contributed by atoms with E-state index in [0.717, 1.165) is 0 Å². The molecule has 0 spiro atoms. The Morgan fingerprint density at radius 1 is 1.05 bits per heavy atom. The zero-order chi connectivity index (χ0) is 15.7. The van der Waals surface area contributed by atoms with Gasteiger partial charge in [0, 0.05) is 0 Å². The number of carboxylic acids is 1. The molecule has 1 aliphatic rings. The third-order valence-electron chi connectivity index (χ3n) is 3.02. The van der Waals surface area contributed by atoms with Crippen LogP contribution in [0.15, 0.2) is 18.2 Å². The molecule has 1 heterocycles. The van der Waals surface area contributed by atoms with E-state index >= 15 is 0 Å². The van der Waals surface area contributed by atoms with Crippen molar-refractivity contribution in [2.45, 2.75) is 30.7 Å². The van der Waals surface area contributed by atoms with Gasteiger partial charge in [-0.15, -0.1) is 0 Å². The highest BCUT2D eigenvalue weighted by atomic mass is 16.7. The lowest BCUT2D eigenvalue weighted by molar-refractivity contribution is -0.271. The summed E-state index contributed by atoms with van der Waals surface area (Å²) in [6.07, 6.45) is -9.01. The molecule has 6 N–H and O–H groups in total. The number of phenols is 2. The largest absolute Gasteiger partial charge is 0.504 e. The fraction of sp³-hybridized carbons (Fsp3) is 0.417.